The number of rotatable bonds is 3. The van der Waals surface area contributed by atoms with E-state index >= 15 is 0 Å². The molecule has 0 saturated heterocycles. The van der Waals surface area contributed by atoms with Crippen LogP contribution in [0.3, 0.4) is 0 Å². The molecular formula is C16H20N2S. The minimum atomic E-state index is 0.343. The number of nitrogens with two attached hydrogens (primary N) is 1. The van der Waals surface area contributed by atoms with Gasteiger partial charge in [0, 0.05) is 4.70 Å². The summed E-state index contributed by atoms with van der Waals surface area (Å²) in [7, 11) is 0. The zero-order chi connectivity index (χ0) is 12.8. The van der Waals surface area contributed by atoms with Gasteiger partial charge in [0.15, 0.2) is 0 Å². The van der Waals surface area contributed by atoms with Gasteiger partial charge in [0.2, 0.25) is 0 Å². The first-order chi connectivity index (χ1) is 9.40. The summed E-state index contributed by atoms with van der Waals surface area (Å²) in [5.41, 5.74) is 4.54. The lowest BCUT2D eigenvalue weighted by molar-refractivity contribution is 0.459. The molecule has 1 aromatic heterocycles. The van der Waals surface area contributed by atoms with Crippen LogP contribution in [-0.2, 0) is 0 Å². The van der Waals surface area contributed by atoms with Gasteiger partial charge < -0.3 is 0 Å². The minimum absolute atomic E-state index is 0.343. The summed E-state index contributed by atoms with van der Waals surface area (Å²) in [4.78, 5) is 0. The molecular weight excluding hydrogens is 252 g/mol. The molecule has 2 saturated carbocycles. The van der Waals surface area contributed by atoms with E-state index in [1.54, 1.807) is 0 Å². The standard InChI is InChI=1S/C16H20N2S/c17-18-15(14-11-5-1-2-6-12(11)14)13-7-3-4-10-8-9-19-16(10)13/h3-4,7-9,11-12,14-15,18H,1-2,5-6,17H2. The van der Waals surface area contributed by atoms with Gasteiger partial charge in [-0.2, -0.15) is 0 Å². The van der Waals surface area contributed by atoms with Crippen LogP contribution in [-0.4, -0.2) is 0 Å². The van der Waals surface area contributed by atoms with Crippen molar-refractivity contribution in [2.75, 3.05) is 0 Å². The highest BCUT2D eigenvalue weighted by atomic mass is 32.1. The van der Waals surface area contributed by atoms with E-state index in [-0.39, 0.29) is 0 Å². The van der Waals surface area contributed by atoms with Gasteiger partial charge >= 0.3 is 0 Å². The van der Waals surface area contributed by atoms with Gasteiger partial charge in [-0.05, 0) is 53.0 Å². The van der Waals surface area contributed by atoms with Crippen LogP contribution >= 0.6 is 11.3 Å². The summed E-state index contributed by atoms with van der Waals surface area (Å²) in [5.74, 6) is 8.52. The van der Waals surface area contributed by atoms with Gasteiger partial charge in [-0.1, -0.05) is 31.0 Å². The van der Waals surface area contributed by atoms with Crippen molar-refractivity contribution in [2.45, 2.75) is 31.7 Å². The van der Waals surface area contributed by atoms with E-state index in [2.05, 4.69) is 35.1 Å². The van der Waals surface area contributed by atoms with E-state index in [1.165, 1.54) is 41.3 Å². The third kappa shape index (κ3) is 1.83. The molecule has 3 N–H and O–H groups in total. The normalized spacial score (nSPS) is 31.1. The van der Waals surface area contributed by atoms with E-state index < -0.39 is 0 Å². The van der Waals surface area contributed by atoms with Crippen molar-refractivity contribution in [3.05, 3.63) is 35.2 Å². The van der Waals surface area contributed by atoms with Crippen molar-refractivity contribution in [1.29, 1.82) is 0 Å². The van der Waals surface area contributed by atoms with E-state index in [1.807, 2.05) is 11.3 Å². The fraction of sp³-hybridized carbons (Fsp3) is 0.500. The molecule has 3 heteroatoms. The SMILES string of the molecule is NNC(c1cccc2ccsc12)C1C2CCCCC21. The summed E-state index contributed by atoms with van der Waals surface area (Å²) < 4.78 is 1.41. The van der Waals surface area contributed by atoms with Crippen LogP contribution in [0.1, 0.15) is 37.3 Å². The van der Waals surface area contributed by atoms with Crippen molar-refractivity contribution < 1.29 is 0 Å². The number of fused-ring (bicyclic) bond motifs is 2. The third-order valence-electron chi connectivity index (χ3n) is 5.13. The highest BCUT2D eigenvalue weighted by molar-refractivity contribution is 7.17. The fourth-order valence-corrected chi connectivity index (χ4v) is 5.17. The largest absolute Gasteiger partial charge is 0.271 e. The Morgan fingerprint density at radius 2 is 1.95 bits per heavy atom. The first-order valence-corrected chi connectivity index (χ1v) is 8.20. The second kappa shape index (κ2) is 4.58. The maximum atomic E-state index is 5.91. The van der Waals surface area contributed by atoms with Gasteiger partial charge in [0.25, 0.3) is 0 Å². The van der Waals surface area contributed by atoms with E-state index in [0.29, 0.717) is 6.04 Å². The van der Waals surface area contributed by atoms with Crippen molar-refractivity contribution in [2.24, 2.45) is 23.6 Å². The van der Waals surface area contributed by atoms with Crippen LogP contribution in [0, 0.1) is 17.8 Å². The monoisotopic (exact) mass is 272 g/mol. The molecule has 2 fully saturated rings. The predicted octanol–water partition coefficient (Wildman–Crippen LogP) is 3.84. The maximum Gasteiger partial charge on any atom is 0.0507 e. The lowest BCUT2D eigenvalue weighted by Gasteiger charge is -2.17. The average molecular weight is 272 g/mol. The number of hydrogen-bond donors (Lipinski definition) is 2. The molecule has 1 aromatic carbocycles. The number of hydrogen-bond acceptors (Lipinski definition) is 3. The molecule has 2 nitrogen and oxygen atoms in total. The summed E-state index contributed by atoms with van der Waals surface area (Å²) in [6.07, 6.45) is 5.65. The topological polar surface area (TPSA) is 38.0 Å². The summed E-state index contributed by atoms with van der Waals surface area (Å²) in [6.45, 7) is 0. The van der Waals surface area contributed by atoms with Gasteiger partial charge in [-0.3, -0.25) is 11.3 Å². The first-order valence-electron chi connectivity index (χ1n) is 7.32. The van der Waals surface area contributed by atoms with Crippen LogP contribution in [0.15, 0.2) is 29.6 Å². The van der Waals surface area contributed by atoms with Gasteiger partial charge in [-0.15, -0.1) is 11.3 Å². The van der Waals surface area contributed by atoms with E-state index in [0.717, 1.165) is 17.8 Å². The molecule has 19 heavy (non-hydrogen) atoms. The van der Waals surface area contributed by atoms with Gasteiger partial charge in [0.05, 0.1) is 6.04 Å². The molecule has 0 radical (unpaired) electrons. The van der Waals surface area contributed by atoms with Crippen molar-refractivity contribution in [1.82, 2.24) is 5.43 Å². The highest BCUT2D eigenvalue weighted by Crippen LogP contribution is 2.60. The Balaban J connectivity index is 1.71. The molecule has 100 valence electrons. The molecule has 0 amide bonds. The van der Waals surface area contributed by atoms with Crippen LogP contribution < -0.4 is 11.3 Å². The number of nitrogens with one attached hydrogen (secondary N) is 1. The van der Waals surface area contributed by atoms with Crippen LogP contribution in [0.25, 0.3) is 10.1 Å². The molecule has 3 atom stereocenters. The van der Waals surface area contributed by atoms with Crippen molar-refractivity contribution >= 4 is 21.4 Å². The molecule has 3 unspecified atom stereocenters. The minimum Gasteiger partial charge on any atom is -0.271 e. The molecule has 2 aliphatic carbocycles. The summed E-state index contributed by atoms with van der Waals surface area (Å²) in [6, 6.07) is 9.17. The third-order valence-corrected chi connectivity index (χ3v) is 6.11. The lowest BCUT2D eigenvalue weighted by Crippen LogP contribution is -2.30. The quantitative estimate of drug-likeness (QED) is 0.658. The predicted molar refractivity (Wildman–Crippen MR) is 80.8 cm³/mol. The maximum absolute atomic E-state index is 5.91. The lowest BCUT2D eigenvalue weighted by atomic mass is 9.99. The highest BCUT2D eigenvalue weighted by Gasteiger charge is 2.54. The van der Waals surface area contributed by atoms with Crippen LogP contribution in [0.2, 0.25) is 0 Å². The molecule has 4 rings (SSSR count). The Morgan fingerprint density at radius 1 is 1.16 bits per heavy atom. The molecule has 0 aliphatic heterocycles. The number of thiophene rings is 1. The van der Waals surface area contributed by atoms with Gasteiger partial charge in [0.1, 0.15) is 0 Å². The van der Waals surface area contributed by atoms with Crippen LogP contribution in [0.5, 0.6) is 0 Å². The molecule has 0 spiro atoms. The molecule has 1 heterocycles. The van der Waals surface area contributed by atoms with Gasteiger partial charge in [-0.25, -0.2) is 0 Å². The molecule has 2 aliphatic rings. The fourth-order valence-electron chi connectivity index (χ4n) is 4.21. The second-order valence-electron chi connectivity index (χ2n) is 6.02. The first kappa shape index (κ1) is 11.9. The molecule has 2 aromatic rings. The van der Waals surface area contributed by atoms with Crippen LogP contribution in [0.4, 0.5) is 0 Å². The summed E-state index contributed by atoms with van der Waals surface area (Å²) >= 11 is 1.84. The Bertz CT molecular complexity index is 579. The Morgan fingerprint density at radius 3 is 2.68 bits per heavy atom. The Labute approximate surface area is 118 Å². The van der Waals surface area contributed by atoms with Crippen molar-refractivity contribution in [3.8, 4) is 0 Å². The average Bonchev–Trinajstić information content (AvgIpc) is 2.95. The van der Waals surface area contributed by atoms with E-state index in [9.17, 15) is 0 Å². The number of hydrazine groups is 1. The van der Waals surface area contributed by atoms with E-state index in [4.69, 9.17) is 5.84 Å². The smallest absolute Gasteiger partial charge is 0.0507 e. The second-order valence-corrected chi connectivity index (χ2v) is 6.94. The Kier molecular flexibility index (Phi) is 2.87. The zero-order valence-corrected chi connectivity index (χ0v) is 11.8. The Hall–Kier alpha value is -0.900. The number of benzene rings is 1. The molecule has 0 bridgehead atoms. The van der Waals surface area contributed by atoms with Crippen molar-refractivity contribution in [3.63, 3.8) is 0 Å². The zero-order valence-electron chi connectivity index (χ0n) is 11.0. The summed E-state index contributed by atoms with van der Waals surface area (Å²) in [5, 5.41) is 3.54.